The van der Waals surface area contributed by atoms with E-state index in [4.69, 9.17) is 21.1 Å². The number of methoxy groups -OCH3 is 2. The van der Waals surface area contributed by atoms with Crippen LogP contribution in [0.2, 0.25) is 5.02 Å². The predicted octanol–water partition coefficient (Wildman–Crippen LogP) is 3.92. The molecule has 0 aliphatic rings. The average Bonchev–Trinajstić information content (AvgIpc) is 2.49. The summed E-state index contributed by atoms with van der Waals surface area (Å²) in [6.07, 6.45) is -0.0769. The van der Waals surface area contributed by atoms with E-state index in [1.54, 1.807) is 24.3 Å². The van der Waals surface area contributed by atoms with Gasteiger partial charge in [-0.15, -0.1) is 0 Å². The Morgan fingerprint density at radius 3 is 2.57 bits per heavy atom. The fourth-order valence-electron chi connectivity index (χ4n) is 2.04. The lowest BCUT2D eigenvalue weighted by atomic mass is 10.0. The molecule has 2 aromatic rings. The zero-order valence-electron chi connectivity index (χ0n) is 11.7. The van der Waals surface area contributed by atoms with Crippen LogP contribution < -0.4 is 9.47 Å². The molecule has 2 rings (SSSR count). The van der Waals surface area contributed by atoms with Gasteiger partial charge in [-0.05, 0) is 29.8 Å². The van der Waals surface area contributed by atoms with Crippen LogP contribution in [-0.2, 0) is 6.42 Å². The molecule has 0 radical (unpaired) electrons. The standard InChI is InChI=1S/C16H14ClFO3/c1-20-15-5-3-4-12(16(15)21-2)14(19)8-10-6-7-11(17)9-13(10)18/h3-7,9H,8H2,1-2H3. The Labute approximate surface area is 127 Å². The van der Waals surface area contributed by atoms with Crippen molar-refractivity contribution in [1.29, 1.82) is 0 Å². The Hall–Kier alpha value is -2.07. The lowest BCUT2D eigenvalue weighted by molar-refractivity contribution is 0.0988. The molecule has 0 aromatic heterocycles. The number of carbonyl (C=O) groups excluding carboxylic acids is 1. The van der Waals surface area contributed by atoms with E-state index in [0.717, 1.165) is 0 Å². The van der Waals surface area contributed by atoms with Gasteiger partial charge in [0.15, 0.2) is 17.3 Å². The Balaban J connectivity index is 2.32. The molecule has 0 saturated heterocycles. The largest absolute Gasteiger partial charge is 0.493 e. The van der Waals surface area contributed by atoms with Crippen molar-refractivity contribution in [1.82, 2.24) is 0 Å². The van der Waals surface area contributed by atoms with E-state index in [9.17, 15) is 9.18 Å². The molecule has 3 nitrogen and oxygen atoms in total. The van der Waals surface area contributed by atoms with Gasteiger partial charge in [-0.3, -0.25) is 4.79 Å². The first-order chi connectivity index (χ1) is 10.1. The molecule has 0 heterocycles. The van der Waals surface area contributed by atoms with E-state index in [1.165, 1.54) is 26.4 Å². The van der Waals surface area contributed by atoms with Crippen LogP contribution in [-0.4, -0.2) is 20.0 Å². The molecule has 0 atom stereocenters. The van der Waals surface area contributed by atoms with Gasteiger partial charge in [0.1, 0.15) is 5.82 Å². The number of halogens is 2. The van der Waals surface area contributed by atoms with Crippen LogP contribution in [0.25, 0.3) is 0 Å². The smallest absolute Gasteiger partial charge is 0.171 e. The van der Waals surface area contributed by atoms with Gasteiger partial charge < -0.3 is 9.47 Å². The van der Waals surface area contributed by atoms with Gasteiger partial charge in [0.05, 0.1) is 19.8 Å². The molecular formula is C16H14ClFO3. The number of hydrogen-bond donors (Lipinski definition) is 0. The highest BCUT2D eigenvalue weighted by Gasteiger charge is 2.18. The molecule has 0 aliphatic heterocycles. The third-order valence-electron chi connectivity index (χ3n) is 3.07. The van der Waals surface area contributed by atoms with Crippen molar-refractivity contribution in [2.45, 2.75) is 6.42 Å². The van der Waals surface area contributed by atoms with Crippen molar-refractivity contribution in [3.8, 4) is 11.5 Å². The summed E-state index contributed by atoms with van der Waals surface area (Å²) < 4.78 is 24.1. The SMILES string of the molecule is COc1cccc(C(=O)Cc2ccc(Cl)cc2F)c1OC. The maximum atomic E-state index is 13.8. The van der Waals surface area contributed by atoms with Crippen molar-refractivity contribution in [3.63, 3.8) is 0 Å². The maximum absolute atomic E-state index is 13.8. The number of rotatable bonds is 5. The van der Waals surface area contributed by atoms with Crippen LogP contribution in [0.3, 0.4) is 0 Å². The molecule has 0 spiro atoms. The maximum Gasteiger partial charge on any atom is 0.171 e. The average molecular weight is 309 g/mol. The fraction of sp³-hybridized carbons (Fsp3) is 0.188. The third kappa shape index (κ3) is 3.34. The molecule has 110 valence electrons. The second-order valence-electron chi connectivity index (χ2n) is 4.38. The number of ether oxygens (including phenoxy) is 2. The summed E-state index contributed by atoms with van der Waals surface area (Å²) in [5, 5.41) is 0.294. The van der Waals surface area contributed by atoms with Gasteiger partial charge in [0.2, 0.25) is 0 Å². The molecule has 21 heavy (non-hydrogen) atoms. The van der Waals surface area contributed by atoms with Crippen LogP contribution in [0.5, 0.6) is 11.5 Å². The summed E-state index contributed by atoms with van der Waals surface area (Å²) in [5.74, 6) is 0.0454. The first kappa shape index (κ1) is 15.3. The van der Waals surface area contributed by atoms with Gasteiger partial charge >= 0.3 is 0 Å². The monoisotopic (exact) mass is 308 g/mol. The van der Waals surface area contributed by atoms with Gasteiger partial charge in [-0.1, -0.05) is 23.7 Å². The first-order valence-electron chi connectivity index (χ1n) is 6.25. The zero-order valence-corrected chi connectivity index (χ0v) is 12.4. The number of para-hydroxylation sites is 1. The summed E-state index contributed by atoms with van der Waals surface area (Å²) in [4.78, 5) is 12.4. The fourth-order valence-corrected chi connectivity index (χ4v) is 2.20. The van der Waals surface area contributed by atoms with Gasteiger partial charge in [0.25, 0.3) is 0 Å². The Kier molecular flexibility index (Phi) is 4.81. The lowest BCUT2D eigenvalue weighted by Gasteiger charge is -2.12. The normalized spacial score (nSPS) is 10.3. The topological polar surface area (TPSA) is 35.5 Å². The number of hydrogen-bond acceptors (Lipinski definition) is 3. The molecule has 0 amide bonds. The molecule has 2 aromatic carbocycles. The predicted molar refractivity (Wildman–Crippen MR) is 79.0 cm³/mol. The van der Waals surface area contributed by atoms with E-state index in [0.29, 0.717) is 22.1 Å². The van der Waals surface area contributed by atoms with Crippen LogP contribution >= 0.6 is 11.6 Å². The zero-order chi connectivity index (χ0) is 15.4. The summed E-state index contributed by atoms with van der Waals surface area (Å²) in [6, 6.07) is 9.24. The molecule has 0 fully saturated rings. The van der Waals surface area contributed by atoms with Crippen LogP contribution in [0.4, 0.5) is 4.39 Å². The van der Waals surface area contributed by atoms with Crippen LogP contribution in [0.1, 0.15) is 15.9 Å². The minimum atomic E-state index is -0.502. The Morgan fingerprint density at radius 2 is 1.95 bits per heavy atom. The summed E-state index contributed by atoms with van der Waals surface area (Å²) in [7, 11) is 2.95. The highest BCUT2D eigenvalue weighted by molar-refractivity contribution is 6.30. The highest BCUT2D eigenvalue weighted by Crippen LogP contribution is 2.31. The lowest BCUT2D eigenvalue weighted by Crippen LogP contribution is -2.08. The summed E-state index contributed by atoms with van der Waals surface area (Å²) in [5.41, 5.74) is 0.639. The Morgan fingerprint density at radius 1 is 1.19 bits per heavy atom. The van der Waals surface area contributed by atoms with E-state index >= 15 is 0 Å². The molecule has 0 N–H and O–H groups in total. The van der Waals surface area contributed by atoms with E-state index < -0.39 is 5.82 Å². The van der Waals surface area contributed by atoms with Gasteiger partial charge in [-0.25, -0.2) is 4.39 Å². The molecule has 0 saturated carbocycles. The number of Topliss-reactive ketones (excluding diaryl/α,β-unsaturated/α-hetero) is 1. The first-order valence-corrected chi connectivity index (χ1v) is 6.62. The quantitative estimate of drug-likeness (QED) is 0.785. The van der Waals surface area contributed by atoms with E-state index in [1.807, 2.05) is 0 Å². The number of benzene rings is 2. The Bertz CT molecular complexity index is 671. The number of ketones is 1. The summed E-state index contributed by atoms with van der Waals surface area (Å²) in [6.45, 7) is 0. The second kappa shape index (κ2) is 6.59. The molecule has 0 aliphatic carbocycles. The van der Waals surface area contributed by atoms with Crippen molar-refractivity contribution >= 4 is 17.4 Å². The van der Waals surface area contributed by atoms with Gasteiger partial charge in [-0.2, -0.15) is 0 Å². The molecule has 5 heteroatoms. The van der Waals surface area contributed by atoms with Crippen molar-refractivity contribution in [2.24, 2.45) is 0 Å². The molecule has 0 bridgehead atoms. The minimum absolute atomic E-state index is 0.0769. The van der Waals surface area contributed by atoms with Crippen LogP contribution in [0.15, 0.2) is 36.4 Å². The second-order valence-corrected chi connectivity index (χ2v) is 4.81. The molecular weight excluding hydrogens is 295 g/mol. The van der Waals surface area contributed by atoms with Crippen molar-refractivity contribution in [2.75, 3.05) is 14.2 Å². The third-order valence-corrected chi connectivity index (χ3v) is 3.30. The van der Waals surface area contributed by atoms with Crippen molar-refractivity contribution < 1.29 is 18.7 Å². The molecule has 0 unspecified atom stereocenters. The van der Waals surface area contributed by atoms with Gasteiger partial charge in [0, 0.05) is 11.4 Å². The van der Waals surface area contributed by atoms with E-state index in [-0.39, 0.29) is 17.8 Å². The van der Waals surface area contributed by atoms with Crippen LogP contribution in [0, 0.1) is 5.82 Å². The van der Waals surface area contributed by atoms with E-state index in [2.05, 4.69) is 0 Å². The summed E-state index contributed by atoms with van der Waals surface area (Å²) >= 11 is 5.70. The highest BCUT2D eigenvalue weighted by atomic mass is 35.5. The van der Waals surface area contributed by atoms with Crippen molar-refractivity contribution in [3.05, 3.63) is 58.4 Å². The number of carbonyl (C=O) groups is 1. The minimum Gasteiger partial charge on any atom is -0.493 e.